The maximum atomic E-state index is 4.91. The summed E-state index contributed by atoms with van der Waals surface area (Å²) in [6, 6.07) is 3.96. The van der Waals surface area contributed by atoms with Gasteiger partial charge in [0.25, 0.3) is 0 Å². The van der Waals surface area contributed by atoms with E-state index in [0.717, 1.165) is 29.4 Å². The lowest BCUT2D eigenvalue weighted by atomic mass is 9.95. The minimum atomic E-state index is 0.598. The van der Waals surface area contributed by atoms with Crippen LogP contribution >= 0.6 is 0 Å². The molecule has 0 aromatic carbocycles. The second-order valence-electron chi connectivity index (χ2n) is 6.84. The molecular weight excluding hydrogens is 272 g/mol. The van der Waals surface area contributed by atoms with Crippen LogP contribution in [0.25, 0.3) is 11.4 Å². The molecule has 2 aliphatic rings. The first-order valence-electron chi connectivity index (χ1n) is 8.18. The Balaban J connectivity index is 1.73. The van der Waals surface area contributed by atoms with Gasteiger partial charge in [-0.25, -0.2) is 9.97 Å². The molecular formula is C18H22N4. The molecule has 2 aromatic rings. The molecule has 4 nitrogen and oxygen atoms in total. The van der Waals surface area contributed by atoms with Gasteiger partial charge in [0.15, 0.2) is 5.82 Å². The van der Waals surface area contributed by atoms with Crippen LogP contribution in [0.5, 0.6) is 0 Å². The summed E-state index contributed by atoms with van der Waals surface area (Å²) in [4.78, 5) is 16.2. The Hall–Kier alpha value is -1.97. The first-order valence-corrected chi connectivity index (χ1v) is 8.18. The highest BCUT2D eigenvalue weighted by Crippen LogP contribution is 2.52. The van der Waals surface area contributed by atoms with Gasteiger partial charge < -0.3 is 4.90 Å². The van der Waals surface area contributed by atoms with Crippen LogP contribution in [-0.2, 0) is 0 Å². The smallest absolute Gasteiger partial charge is 0.161 e. The zero-order chi connectivity index (χ0) is 15.2. The number of aromatic nitrogens is 3. The van der Waals surface area contributed by atoms with Crippen LogP contribution in [0.2, 0.25) is 0 Å². The van der Waals surface area contributed by atoms with Crippen LogP contribution in [-0.4, -0.2) is 28.0 Å². The SMILES string of the molecule is Cc1nc(-c2ccncc2)nc(N2CCCC3(CC3)C2)c1C. The van der Waals surface area contributed by atoms with E-state index >= 15 is 0 Å². The van der Waals surface area contributed by atoms with Crippen LogP contribution in [0, 0.1) is 19.3 Å². The van der Waals surface area contributed by atoms with Crippen LogP contribution < -0.4 is 4.90 Å². The monoisotopic (exact) mass is 294 g/mol. The van der Waals surface area contributed by atoms with Gasteiger partial charge in [-0.05, 0) is 57.1 Å². The fraction of sp³-hybridized carbons (Fsp3) is 0.500. The molecule has 0 atom stereocenters. The van der Waals surface area contributed by atoms with Crippen molar-refractivity contribution < 1.29 is 0 Å². The Kier molecular flexibility index (Phi) is 3.13. The van der Waals surface area contributed by atoms with Gasteiger partial charge in [-0.15, -0.1) is 0 Å². The summed E-state index contributed by atoms with van der Waals surface area (Å²) in [6.07, 6.45) is 9.06. The Morgan fingerprint density at radius 2 is 1.82 bits per heavy atom. The number of rotatable bonds is 2. The summed E-state index contributed by atoms with van der Waals surface area (Å²) < 4.78 is 0. The van der Waals surface area contributed by atoms with Gasteiger partial charge in [0.2, 0.25) is 0 Å². The van der Waals surface area contributed by atoms with Crippen LogP contribution in [0.4, 0.5) is 5.82 Å². The molecule has 1 aliphatic carbocycles. The molecule has 1 spiro atoms. The summed E-state index contributed by atoms with van der Waals surface area (Å²) in [5.41, 5.74) is 3.93. The Morgan fingerprint density at radius 1 is 1.05 bits per heavy atom. The van der Waals surface area contributed by atoms with Gasteiger partial charge in [0.05, 0.1) is 0 Å². The molecule has 0 radical (unpaired) electrons. The van der Waals surface area contributed by atoms with Crippen LogP contribution in [0.15, 0.2) is 24.5 Å². The summed E-state index contributed by atoms with van der Waals surface area (Å²) in [5, 5.41) is 0. The third kappa shape index (κ3) is 2.36. The number of piperidine rings is 1. The van der Waals surface area contributed by atoms with Gasteiger partial charge in [0.1, 0.15) is 5.82 Å². The molecule has 1 saturated carbocycles. The molecule has 2 aromatic heterocycles. The third-order valence-corrected chi connectivity index (χ3v) is 5.22. The number of hydrogen-bond donors (Lipinski definition) is 0. The van der Waals surface area contributed by atoms with Crippen LogP contribution in [0.3, 0.4) is 0 Å². The van der Waals surface area contributed by atoms with Crippen molar-refractivity contribution in [2.24, 2.45) is 5.41 Å². The highest BCUT2D eigenvalue weighted by atomic mass is 15.2. The Morgan fingerprint density at radius 3 is 2.55 bits per heavy atom. The molecule has 0 unspecified atom stereocenters. The van der Waals surface area contributed by atoms with Crippen LogP contribution in [0.1, 0.15) is 36.9 Å². The standard InChI is InChI=1S/C18H22N4/c1-13-14(2)20-16(15-4-9-19-10-5-15)21-17(13)22-11-3-6-18(12-22)7-8-18/h4-5,9-10H,3,6-8,11-12H2,1-2H3. The van der Waals surface area contributed by atoms with Crippen molar-refractivity contribution in [1.29, 1.82) is 0 Å². The van der Waals surface area contributed by atoms with Crippen molar-refractivity contribution in [3.05, 3.63) is 35.8 Å². The van der Waals surface area contributed by atoms with Gasteiger partial charge in [0, 0.05) is 42.3 Å². The number of pyridine rings is 1. The van der Waals surface area contributed by atoms with E-state index in [1.54, 1.807) is 12.4 Å². The lowest BCUT2D eigenvalue weighted by Gasteiger charge is -2.35. The van der Waals surface area contributed by atoms with E-state index in [2.05, 4.69) is 28.7 Å². The van der Waals surface area contributed by atoms with Gasteiger partial charge in [-0.1, -0.05) is 0 Å². The number of nitrogens with zero attached hydrogens (tertiary/aromatic N) is 4. The van der Waals surface area contributed by atoms with E-state index in [4.69, 9.17) is 4.98 Å². The number of anilines is 1. The lowest BCUT2D eigenvalue weighted by molar-refractivity contribution is 0.393. The molecule has 0 amide bonds. The van der Waals surface area contributed by atoms with E-state index < -0.39 is 0 Å². The van der Waals surface area contributed by atoms with E-state index in [1.807, 2.05) is 12.1 Å². The van der Waals surface area contributed by atoms with Crippen molar-refractivity contribution in [1.82, 2.24) is 15.0 Å². The number of hydrogen-bond acceptors (Lipinski definition) is 4. The van der Waals surface area contributed by atoms with E-state index in [9.17, 15) is 0 Å². The predicted octanol–water partition coefficient (Wildman–Crippen LogP) is 3.54. The highest BCUT2D eigenvalue weighted by molar-refractivity contribution is 5.60. The zero-order valence-electron chi connectivity index (χ0n) is 13.3. The minimum Gasteiger partial charge on any atom is -0.356 e. The summed E-state index contributed by atoms with van der Waals surface area (Å²) in [7, 11) is 0. The van der Waals surface area contributed by atoms with Gasteiger partial charge >= 0.3 is 0 Å². The second-order valence-corrected chi connectivity index (χ2v) is 6.84. The molecule has 2 fully saturated rings. The van der Waals surface area contributed by atoms with Crippen molar-refractivity contribution in [2.75, 3.05) is 18.0 Å². The summed E-state index contributed by atoms with van der Waals surface area (Å²) in [5.74, 6) is 1.95. The third-order valence-electron chi connectivity index (χ3n) is 5.22. The maximum absolute atomic E-state index is 4.91. The average molecular weight is 294 g/mol. The average Bonchev–Trinajstić information content (AvgIpc) is 3.29. The van der Waals surface area contributed by atoms with Crippen molar-refractivity contribution in [3.8, 4) is 11.4 Å². The fourth-order valence-electron chi connectivity index (χ4n) is 3.53. The predicted molar refractivity (Wildman–Crippen MR) is 87.9 cm³/mol. The topological polar surface area (TPSA) is 41.9 Å². The van der Waals surface area contributed by atoms with Crippen molar-refractivity contribution >= 4 is 5.82 Å². The molecule has 114 valence electrons. The quantitative estimate of drug-likeness (QED) is 0.849. The van der Waals surface area contributed by atoms with Crippen molar-refractivity contribution in [2.45, 2.75) is 39.5 Å². The largest absolute Gasteiger partial charge is 0.356 e. The second kappa shape index (κ2) is 5.04. The van der Waals surface area contributed by atoms with Gasteiger partial charge in [-0.3, -0.25) is 4.98 Å². The zero-order valence-corrected chi connectivity index (χ0v) is 13.3. The molecule has 0 N–H and O–H groups in total. The Labute approximate surface area is 131 Å². The molecule has 22 heavy (non-hydrogen) atoms. The van der Waals surface area contributed by atoms with E-state index in [0.29, 0.717) is 5.41 Å². The van der Waals surface area contributed by atoms with E-state index in [1.165, 1.54) is 37.8 Å². The van der Waals surface area contributed by atoms with E-state index in [-0.39, 0.29) is 0 Å². The molecule has 4 heteroatoms. The highest BCUT2D eigenvalue weighted by Gasteiger charge is 2.45. The summed E-state index contributed by atoms with van der Waals surface area (Å²) in [6.45, 7) is 6.52. The normalized spacial score (nSPS) is 19.5. The maximum Gasteiger partial charge on any atom is 0.161 e. The molecule has 1 aliphatic heterocycles. The van der Waals surface area contributed by atoms with Gasteiger partial charge in [-0.2, -0.15) is 0 Å². The molecule has 4 rings (SSSR count). The lowest BCUT2D eigenvalue weighted by Crippen LogP contribution is -2.37. The Bertz CT molecular complexity index is 692. The molecule has 0 bridgehead atoms. The minimum absolute atomic E-state index is 0.598. The first-order chi connectivity index (χ1) is 10.7. The fourth-order valence-corrected chi connectivity index (χ4v) is 3.53. The molecule has 1 saturated heterocycles. The molecule has 3 heterocycles. The summed E-state index contributed by atoms with van der Waals surface area (Å²) >= 11 is 0. The number of aryl methyl sites for hydroxylation is 1. The van der Waals surface area contributed by atoms with Crippen molar-refractivity contribution in [3.63, 3.8) is 0 Å². The first kappa shape index (κ1) is 13.7.